The average Bonchev–Trinajstić information content (AvgIpc) is 3.19. The van der Waals surface area contributed by atoms with Crippen molar-refractivity contribution in [3.05, 3.63) is 48.5 Å². The molecule has 0 aromatic heterocycles. The minimum atomic E-state index is -3.65. The van der Waals surface area contributed by atoms with E-state index in [9.17, 15) is 0 Å². The summed E-state index contributed by atoms with van der Waals surface area (Å²) in [6.45, 7) is 30.5. The Morgan fingerprint density at radius 1 is 0.488 bits per heavy atom. The van der Waals surface area contributed by atoms with Gasteiger partial charge < -0.3 is 18.3 Å². The lowest BCUT2D eigenvalue weighted by Crippen LogP contribution is -2.93. The van der Waals surface area contributed by atoms with Gasteiger partial charge in [-0.1, -0.05) is 107 Å². The van der Waals surface area contributed by atoms with Crippen LogP contribution in [0, 0.1) is 21.7 Å². The smallest absolute Gasteiger partial charge is 0.377 e. The van der Waals surface area contributed by atoms with Gasteiger partial charge in [-0.2, -0.15) is 0 Å². The largest absolute Gasteiger partial charge is 0.395 e. The molecule has 2 heterocycles. The van der Waals surface area contributed by atoms with Crippen molar-refractivity contribution < 1.29 is 0 Å². The molecular weight excluding hydrogens is 666 g/mol. The van der Waals surface area contributed by atoms with Gasteiger partial charge in [0, 0.05) is 26.2 Å². The standard InChI is InChI=1S/C32H52Cl4N4Si3/c1-29(2,3)21-37-25-17-13-14-18-26(25)38(22-30(4,5)6)42(37,36)43(41(33,34)35)39(23-31(7,8)9)27-19-15-16-20-28(27)40(43)24-32(10,11)12/h13-20H,21-24H2,1-12H3. The van der Waals surface area contributed by atoms with E-state index in [1.807, 2.05) is 0 Å². The van der Waals surface area contributed by atoms with Crippen LogP contribution in [0.3, 0.4) is 0 Å². The van der Waals surface area contributed by atoms with E-state index in [-0.39, 0.29) is 21.7 Å². The van der Waals surface area contributed by atoms with Gasteiger partial charge in [-0.15, -0.1) is 44.3 Å². The Labute approximate surface area is 283 Å². The minimum absolute atomic E-state index is 0.0437. The van der Waals surface area contributed by atoms with Crippen molar-refractivity contribution in [3.63, 3.8) is 0 Å². The molecular formula is C32H52Cl4N4Si3. The predicted molar refractivity (Wildman–Crippen MR) is 201 cm³/mol. The fourth-order valence-corrected chi connectivity index (χ4v) is 57.7. The van der Waals surface area contributed by atoms with E-state index in [1.165, 1.54) is 11.4 Å². The Morgan fingerprint density at radius 2 is 0.721 bits per heavy atom. The Bertz CT molecular complexity index is 1240. The molecule has 4 nitrogen and oxygen atoms in total. The van der Waals surface area contributed by atoms with Crippen molar-refractivity contribution in [2.75, 3.05) is 44.4 Å². The molecule has 0 spiro atoms. The van der Waals surface area contributed by atoms with Gasteiger partial charge in [0.25, 0.3) is 0 Å². The molecule has 0 aliphatic carbocycles. The summed E-state index contributed by atoms with van der Waals surface area (Å²) >= 11 is 32.1. The molecule has 2 aromatic rings. The number of nitrogens with zero attached hydrogens (tertiary/aromatic N) is 4. The fourth-order valence-electron chi connectivity index (χ4n) is 6.68. The molecule has 0 atom stereocenters. The van der Waals surface area contributed by atoms with Gasteiger partial charge in [0.15, 0.2) is 0 Å². The summed E-state index contributed by atoms with van der Waals surface area (Å²) in [4.78, 5) is 0. The van der Waals surface area contributed by atoms with Crippen LogP contribution >= 0.6 is 44.3 Å². The molecule has 0 unspecified atom stereocenters. The van der Waals surface area contributed by atoms with E-state index in [4.69, 9.17) is 44.3 Å². The molecule has 0 N–H and O–H groups in total. The van der Waals surface area contributed by atoms with Crippen LogP contribution < -0.4 is 18.3 Å². The lowest BCUT2D eigenvalue weighted by Gasteiger charge is -2.58. The maximum Gasteiger partial charge on any atom is 0.395 e. The van der Waals surface area contributed by atoms with E-state index in [2.05, 4.69) is 150 Å². The first-order valence-corrected chi connectivity index (χ1v) is 27.2. The molecule has 43 heavy (non-hydrogen) atoms. The highest BCUT2D eigenvalue weighted by Crippen LogP contribution is 2.60. The van der Waals surface area contributed by atoms with Crippen LogP contribution in [0.1, 0.15) is 83.1 Å². The second kappa shape index (κ2) is 11.3. The topological polar surface area (TPSA) is 13.0 Å². The van der Waals surface area contributed by atoms with Gasteiger partial charge in [0.05, 0.1) is 22.7 Å². The molecule has 2 aromatic carbocycles. The molecule has 4 rings (SSSR count). The zero-order chi connectivity index (χ0) is 32.6. The highest BCUT2D eigenvalue weighted by molar-refractivity contribution is 8.03. The summed E-state index contributed by atoms with van der Waals surface area (Å²) in [7, 11) is -6.92. The van der Waals surface area contributed by atoms with Gasteiger partial charge in [-0.05, 0) is 45.9 Å². The fraction of sp³-hybridized carbons (Fsp3) is 0.625. The summed E-state index contributed by atoms with van der Waals surface area (Å²) in [6, 6.07) is 17.4. The van der Waals surface area contributed by atoms with E-state index >= 15 is 0 Å². The van der Waals surface area contributed by atoms with Crippen LogP contribution in [0.25, 0.3) is 0 Å². The minimum Gasteiger partial charge on any atom is -0.377 e. The zero-order valence-corrected chi connectivity index (χ0v) is 34.3. The monoisotopic (exact) mass is 716 g/mol. The Balaban J connectivity index is 2.22. The molecule has 0 bridgehead atoms. The number of para-hydroxylation sites is 4. The molecule has 2 aliphatic heterocycles. The number of anilines is 4. The number of rotatable bonds is 6. The van der Waals surface area contributed by atoms with Crippen LogP contribution in [0.15, 0.2) is 48.5 Å². The van der Waals surface area contributed by atoms with E-state index < -0.39 is 20.2 Å². The van der Waals surface area contributed by atoms with Gasteiger partial charge in [-0.25, -0.2) is 0 Å². The Kier molecular flexibility index (Phi) is 9.28. The van der Waals surface area contributed by atoms with Crippen molar-refractivity contribution in [2.45, 2.75) is 83.1 Å². The number of hydrogen-bond donors (Lipinski definition) is 0. The highest BCUT2D eigenvalue weighted by atomic mass is 35.8. The lowest BCUT2D eigenvalue weighted by molar-refractivity contribution is 0.420. The molecule has 0 fully saturated rings. The molecule has 0 saturated carbocycles. The maximum absolute atomic E-state index is 8.82. The van der Waals surface area contributed by atoms with Crippen molar-refractivity contribution in [1.29, 1.82) is 0 Å². The summed E-state index contributed by atoms with van der Waals surface area (Å²) in [6.07, 6.45) is 0. The third kappa shape index (κ3) is 6.52. The second-order valence-electron chi connectivity index (χ2n) is 17.3. The summed E-state index contributed by atoms with van der Waals surface area (Å²) in [5.74, 6) is 0. The predicted octanol–water partition coefficient (Wildman–Crippen LogP) is 10.3. The maximum atomic E-state index is 8.82. The molecule has 0 radical (unpaired) electrons. The summed E-state index contributed by atoms with van der Waals surface area (Å²) in [5, 5.41) is 0. The Hall–Kier alpha value is -0.549. The number of fused-ring (bicyclic) bond motifs is 2. The molecule has 11 heteroatoms. The van der Waals surface area contributed by atoms with Gasteiger partial charge >= 0.3 is 20.2 Å². The van der Waals surface area contributed by atoms with Crippen molar-refractivity contribution in [3.8, 4) is 0 Å². The van der Waals surface area contributed by atoms with Crippen LogP contribution in [0.4, 0.5) is 22.7 Å². The molecule has 0 amide bonds. The number of halogens is 4. The average molecular weight is 719 g/mol. The lowest BCUT2D eigenvalue weighted by atomic mass is 9.96. The van der Waals surface area contributed by atoms with Crippen molar-refractivity contribution in [1.82, 2.24) is 0 Å². The van der Waals surface area contributed by atoms with E-state index in [0.717, 1.165) is 37.6 Å². The van der Waals surface area contributed by atoms with E-state index in [0.29, 0.717) is 0 Å². The third-order valence-corrected chi connectivity index (χ3v) is 46.9. The van der Waals surface area contributed by atoms with Crippen LogP contribution in [0.5, 0.6) is 0 Å². The van der Waals surface area contributed by atoms with Gasteiger partial charge in [-0.3, -0.25) is 0 Å². The first kappa shape index (κ1) is 35.3. The van der Waals surface area contributed by atoms with Gasteiger partial charge in [0.2, 0.25) is 0 Å². The quantitative estimate of drug-likeness (QED) is 0.218. The van der Waals surface area contributed by atoms with Crippen molar-refractivity contribution >= 4 is 87.2 Å². The normalized spacial score (nSPS) is 18.8. The highest BCUT2D eigenvalue weighted by Gasteiger charge is 2.84. The molecule has 240 valence electrons. The van der Waals surface area contributed by atoms with Crippen LogP contribution in [-0.4, -0.2) is 46.4 Å². The summed E-state index contributed by atoms with van der Waals surface area (Å²) < 4.78 is 10.3. The first-order valence-electron chi connectivity index (χ1n) is 15.4. The Morgan fingerprint density at radius 3 is 0.953 bits per heavy atom. The zero-order valence-electron chi connectivity index (χ0n) is 28.2. The molecule has 2 aliphatic rings. The van der Waals surface area contributed by atoms with Crippen LogP contribution in [0.2, 0.25) is 0 Å². The number of benzene rings is 2. The number of hydrogen-bond acceptors (Lipinski definition) is 4. The SMILES string of the molecule is CC(C)(C)CN1c2ccccc2N(CC(C)(C)C)[Si]1(Cl)[Si]1([Si](Cl)(Cl)Cl)N(CC(C)(C)C)c2ccccc2N1CC(C)(C)C. The van der Waals surface area contributed by atoms with E-state index in [1.54, 1.807) is 0 Å². The second-order valence-corrected chi connectivity index (χ2v) is 45.2. The summed E-state index contributed by atoms with van der Waals surface area (Å²) in [5.41, 5.74) is 0.771. The third-order valence-electron chi connectivity index (χ3n) is 7.79. The molecule has 0 saturated heterocycles. The first-order chi connectivity index (χ1) is 19.3. The van der Waals surface area contributed by atoms with Crippen LogP contribution in [-0.2, 0) is 0 Å². The van der Waals surface area contributed by atoms with Gasteiger partial charge in [0.1, 0.15) is 0 Å². The van der Waals surface area contributed by atoms with Crippen molar-refractivity contribution in [2.24, 2.45) is 21.7 Å².